The molecule has 5 nitrogen and oxygen atoms in total. The molecule has 112 valence electrons. The van der Waals surface area contributed by atoms with Crippen molar-refractivity contribution < 1.29 is 4.79 Å². The molecule has 1 aromatic rings. The molecular weight excluding hydrogens is 320 g/mol. The lowest BCUT2D eigenvalue weighted by molar-refractivity contribution is 0.0952. The van der Waals surface area contributed by atoms with Gasteiger partial charge in [-0.15, -0.1) is 0 Å². The molecule has 6 heteroatoms. The predicted molar refractivity (Wildman–Crippen MR) is 86.2 cm³/mol. The number of halogens is 1. The summed E-state index contributed by atoms with van der Waals surface area (Å²) in [6.07, 6.45) is 2.62. The van der Waals surface area contributed by atoms with Gasteiger partial charge in [0.1, 0.15) is 5.82 Å². The van der Waals surface area contributed by atoms with Crippen LogP contribution in [0.15, 0.2) is 16.7 Å². The molecule has 0 bridgehead atoms. The smallest absolute Gasteiger partial charge is 0.255 e. The van der Waals surface area contributed by atoms with Gasteiger partial charge in [0.15, 0.2) is 0 Å². The molecule has 2 N–H and O–H groups in total. The molecule has 0 aliphatic rings. The third kappa shape index (κ3) is 5.09. The first-order valence-corrected chi connectivity index (χ1v) is 7.75. The van der Waals surface area contributed by atoms with Gasteiger partial charge in [-0.25, -0.2) is 4.98 Å². The standard InChI is InChI=1S/C14H23BrN4O/c1-4-19(5-2)8-6-7-17-14(20)12-9-11(15)10-18-13(12)16-3/h9-10H,4-8H2,1-3H3,(H,16,18)(H,17,20). The summed E-state index contributed by atoms with van der Waals surface area (Å²) in [5.74, 6) is 0.497. The van der Waals surface area contributed by atoms with E-state index in [2.05, 4.69) is 50.3 Å². The van der Waals surface area contributed by atoms with Gasteiger partial charge in [0.25, 0.3) is 5.91 Å². The van der Waals surface area contributed by atoms with Crippen LogP contribution in [0.25, 0.3) is 0 Å². The van der Waals surface area contributed by atoms with Crippen LogP contribution in [0.4, 0.5) is 5.82 Å². The summed E-state index contributed by atoms with van der Waals surface area (Å²) in [4.78, 5) is 18.6. The fourth-order valence-electron chi connectivity index (χ4n) is 1.95. The van der Waals surface area contributed by atoms with E-state index in [1.165, 1.54) is 0 Å². The fraction of sp³-hybridized carbons (Fsp3) is 0.571. The molecule has 20 heavy (non-hydrogen) atoms. The van der Waals surface area contributed by atoms with Gasteiger partial charge in [-0.2, -0.15) is 0 Å². The van der Waals surface area contributed by atoms with Gasteiger partial charge in [0.2, 0.25) is 0 Å². The number of carbonyl (C=O) groups excluding carboxylic acids is 1. The summed E-state index contributed by atoms with van der Waals surface area (Å²) in [5, 5.41) is 5.87. The van der Waals surface area contributed by atoms with Crippen molar-refractivity contribution in [2.45, 2.75) is 20.3 Å². The lowest BCUT2D eigenvalue weighted by Gasteiger charge is -2.17. The molecule has 0 aromatic carbocycles. The largest absolute Gasteiger partial charge is 0.372 e. The van der Waals surface area contributed by atoms with E-state index in [1.54, 1.807) is 19.3 Å². The van der Waals surface area contributed by atoms with Gasteiger partial charge < -0.3 is 15.5 Å². The average Bonchev–Trinajstić information content (AvgIpc) is 2.47. The molecule has 1 aromatic heterocycles. The van der Waals surface area contributed by atoms with Gasteiger partial charge in [-0.1, -0.05) is 13.8 Å². The maximum atomic E-state index is 12.1. The zero-order valence-corrected chi connectivity index (χ0v) is 14.0. The van der Waals surface area contributed by atoms with E-state index in [0.29, 0.717) is 17.9 Å². The molecule has 0 saturated heterocycles. The van der Waals surface area contributed by atoms with Crippen molar-refractivity contribution in [2.75, 3.05) is 38.5 Å². The number of carbonyl (C=O) groups is 1. The van der Waals surface area contributed by atoms with Gasteiger partial charge in [-0.05, 0) is 48.1 Å². The molecule has 0 saturated carbocycles. The highest BCUT2D eigenvalue weighted by Gasteiger charge is 2.12. The fourth-order valence-corrected chi connectivity index (χ4v) is 2.28. The molecule has 0 unspecified atom stereocenters. The molecule has 1 heterocycles. The van der Waals surface area contributed by atoms with E-state index in [4.69, 9.17) is 0 Å². The molecule has 1 rings (SSSR count). The third-order valence-electron chi connectivity index (χ3n) is 3.17. The Labute approximate surface area is 129 Å². The zero-order valence-electron chi connectivity index (χ0n) is 12.4. The molecule has 0 fully saturated rings. The van der Waals surface area contributed by atoms with Crippen LogP contribution in [0.3, 0.4) is 0 Å². The zero-order chi connectivity index (χ0) is 15.0. The van der Waals surface area contributed by atoms with Crippen molar-refractivity contribution in [2.24, 2.45) is 0 Å². The van der Waals surface area contributed by atoms with Crippen molar-refractivity contribution in [1.29, 1.82) is 0 Å². The van der Waals surface area contributed by atoms with Gasteiger partial charge >= 0.3 is 0 Å². The Morgan fingerprint density at radius 3 is 2.70 bits per heavy atom. The Kier molecular flexibility index (Phi) is 7.54. The van der Waals surface area contributed by atoms with Crippen molar-refractivity contribution >= 4 is 27.7 Å². The Morgan fingerprint density at radius 1 is 1.40 bits per heavy atom. The van der Waals surface area contributed by atoms with E-state index in [9.17, 15) is 4.79 Å². The minimum Gasteiger partial charge on any atom is -0.372 e. The number of pyridine rings is 1. The highest BCUT2D eigenvalue weighted by molar-refractivity contribution is 9.10. The van der Waals surface area contributed by atoms with Crippen molar-refractivity contribution in [1.82, 2.24) is 15.2 Å². The second-order valence-corrected chi connectivity index (χ2v) is 5.35. The van der Waals surface area contributed by atoms with Crippen LogP contribution < -0.4 is 10.6 Å². The average molecular weight is 343 g/mol. The van der Waals surface area contributed by atoms with Crippen LogP contribution >= 0.6 is 15.9 Å². The van der Waals surface area contributed by atoms with Crippen LogP contribution in [-0.2, 0) is 0 Å². The monoisotopic (exact) mass is 342 g/mol. The van der Waals surface area contributed by atoms with Gasteiger partial charge in [-0.3, -0.25) is 4.79 Å². The topological polar surface area (TPSA) is 57.3 Å². The van der Waals surface area contributed by atoms with Crippen LogP contribution in [0.5, 0.6) is 0 Å². The third-order valence-corrected chi connectivity index (χ3v) is 3.60. The predicted octanol–water partition coefficient (Wildman–Crippen LogP) is 2.35. The number of hydrogen-bond donors (Lipinski definition) is 2. The van der Waals surface area contributed by atoms with Crippen molar-refractivity contribution in [3.05, 3.63) is 22.3 Å². The van der Waals surface area contributed by atoms with E-state index >= 15 is 0 Å². The molecule has 0 aliphatic carbocycles. The van der Waals surface area contributed by atoms with Gasteiger partial charge in [0.05, 0.1) is 5.56 Å². The lowest BCUT2D eigenvalue weighted by Crippen LogP contribution is -2.30. The summed E-state index contributed by atoms with van der Waals surface area (Å²) in [6.45, 7) is 8.06. The van der Waals surface area contributed by atoms with Crippen molar-refractivity contribution in [3.63, 3.8) is 0 Å². The molecule has 0 atom stereocenters. The molecule has 1 amide bonds. The number of amides is 1. The van der Waals surface area contributed by atoms with Crippen molar-refractivity contribution in [3.8, 4) is 0 Å². The molecule has 0 spiro atoms. The van der Waals surface area contributed by atoms with E-state index in [-0.39, 0.29) is 5.91 Å². The molecule has 0 radical (unpaired) electrons. The Morgan fingerprint density at radius 2 is 2.10 bits per heavy atom. The van der Waals surface area contributed by atoms with E-state index in [1.807, 2.05) is 0 Å². The summed E-state index contributed by atoms with van der Waals surface area (Å²) in [6, 6.07) is 1.78. The number of rotatable bonds is 8. The lowest BCUT2D eigenvalue weighted by atomic mass is 10.2. The first-order chi connectivity index (χ1) is 9.62. The number of hydrogen-bond acceptors (Lipinski definition) is 4. The minimum absolute atomic E-state index is 0.0947. The summed E-state index contributed by atoms with van der Waals surface area (Å²) in [5.41, 5.74) is 0.560. The number of anilines is 1. The van der Waals surface area contributed by atoms with Gasteiger partial charge in [0, 0.05) is 24.3 Å². The van der Waals surface area contributed by atoms with Crippen LogP contribution in [-0.4, -0.2) is 49.0 Å². The van der Waals surface area contributed by atoms with E-state index in [0.717, 1.165) is 30.5 Å². The summed E-state index contributed by atoms with van der Waals surface area (Å²) < 4.78 is 0.796. The van der Waals surface area contributed by atoms with E-state index < -0.39 is 0 Å². The quantitative estimate of drug-likeness (QED) is 0.712. The second kappa shape index (κ2) is 8.92. The summed E-state index contributed by atoms with van der Waals surface area (Å²) >= 11 is 3.34. The first kappa shape index (κ1) is 16.9. The minimum atomic E-state index is -0.0947. The number of nitrogens with one attached hydrogen (secondary N) is 2. The molecular formula is C14H23BrN4O. The number of aromatic nitrogens is 1. The van der Waals surface area contributed by atoms with Crippen LogP contribution in [0.1, 0.15) is 30.6 Å². The molecule has 0 aliphatic heterocycles. The van der Waals surface area contributed by atoms with Crippen LogP contribution in [0, 0.1) is 0 Å². The van der Waals surface area contributed by atoms with Crippen LogP contribution in [0.2, 0.25) is 0 Å². The SMILES string of the molecule is CCN(CC)CCCNC(=O)c1cc(Br)cnc1NC. The maximum absolute atomic E-state index is 12.1. The Balaban J connectivity index is 2.49. The second-order valence-electron chi connectivity index (χ2n) is 4.44. The summed E-state index contributed by atoms with van der Waals surface area (Å²) in [7, 11) is 1.76. The Hall–Kier alpha value is -1.14. The maximum Gasteiger partial charge on any atom is 0.255 e. The highest BCUT2D eigenvalue weighted by atomic mass is 79.9. The normalized spacial score (nSPS) is 10.7. The number of nitrogens with zero attached hydrogens (tertiary/aromatic N) is 2. The highest BCUT2D eigenvalue weighted by Crippen LogP contribution is 2.17. The Bertz CT molecular complexity index is 435. The first-order valence-electron chi connectivity index (χ1n) is 6.96.